The van der Waals surface area contributed by atoms with Crippen LogP contribution in [0.1, 0.15) is 56.7 Å². The summed E-state index contributed by atoms with van der Waals surface area (Å²) in [4.78, 5) is 0.180. The van der Waals surface area contributed by atoms with Crippen LogP contribution in [0, 0.1) is 13.8 Å². The zero-order valence-electron chi connectivity index (χ0n) is 13.9. The van der Waals surface area contributed by atoms with E-state index in [1.807, 2.05) is 12.1 Å². The van der Waals surface area contributed by atoms with Gasteiger partial charge in [0.1, 0.15) is 12.3 Å². The third-order valence-electron chi connectivity index (χ3n) is 4.20. The number of benzene rings is 1. The molecular formula is C17H25FO3S. The summed E-state index contributed by atoms with van der Waals surface area (Å²) in [5, 5.41) is 0. The molecule has 124 valence electrons. The summed E-state index contributed by atoms with van der Waals surface area (Å²) in [6, 6.07) is 3.76. The second kappa shape index (κ2) is 5.93. The molecule has 2 atom stereocenters. The van der Waals surface area contributed by atoms with Gasteiger partial charge in [0.15, 0.2) is 0 Å². The molecule has 1 aromatic rings. The van der Waals surface area contributed by atoms with Crippen LogP contribution in [0.2, 0.25) is 0 Å². The molecule has 1 aliphatic carbocycles. The fourth-order valence-electron chi connectivity index (χ4n) is 2.98. The molecule has 0 radical (unpaired) electrons. The van der Waals surface area contributed by atoms with Gasteiger partial charge in [-0.25, -0.2) is 4.39 Å². The van der Waals surface area contributed by atoms with Crippen molar-refractivity contribution in [2.24, 2.45) is 0 Å². The van der Waals surface area contributed by atoms with Crippen molar-refractivity contribution in [3.8, 4) is 0 Å². The first-order valence-corrected chi connectivity index (χ1v) is 9.12. The highest BCUT2D eigenvalue weighted by Crippen LogP contribution is 2.33. The molecule has 5 heteroatoms. The number of rotatable bonds is 3. The molecule has 1 fully saturated rings. The number of hydrogen-bond donors (Lipinski definition) is 0. The van der Waals surface area contributed by atoms with Crippen molar-refractivity contribution in [3.05, 3.63) is 28.8 Å². The Hall–Kier alpha value is -0.940. The SMILES string of the molecule is Cc1cc(C(C)(C)C)cc(C)c1S(=O)(=O)O[C@@H]1CCC[C@H]1F. The van der Waals surface area contributed by atoms with Crippen LogP contribution in [-0.4, -0.2) is 20.7 Å². The maximum Gasteiger partial charge on any atom is 0.297 e. The number of alkyl halides is 1. The molecule has 0 amide bonds. The topological polar surface area (TPSA) is 43.4 Å². The quantitative estimate of drug-likeness (QED) is 0.781. The summed E-state index contributed by atoms with van der Waals surface area (Å²) in [5.74, 6) is 0. The third kappa shape index (κ3) is 3.51. The Morgan fingerprint density at radius 2 is 1.68 bits per heavy atom. The Morgan fingerprint density at radius 3 is 2.09 bits per heavy atom. The van der Waals surface area contributed by atoms with E-state index in [1.165, 1.54) is 0 Å². The molecule has 3 nitrogen and oxygen atoms in total. The lowest BCUT2D eigenvalue weighted by molar-refractivity contribution is 0.131. The fourth-order valence-corrected chi connectivity index (χ4v) is 4.52. The number of aryl methyl sites for hydroxylation is 2. The molecule has 22 heavy (non-hydrogen) atoms. The first kappa shape index (κ1) is 17.4. The molecular weight excluding hydrogens is 303 g/mol. The minimum Gasteiger partial charge on any atom is -0.260 e. The van der Waals surface area contributed by atoms with E-state index in [4.69, 9.17) is 4.18 Å². The highest BCUT2D eigenvalue weighted by atomic mass is 32.2. The summed E-state index contributed by atoms with van der Waals surface area (Å²) < 4.78 is 43.9. The van der Waals surface area contributed by atoms with Crippen molar-refractivity contribution >= 4 is 10.1 Å². The van der Waals surface area contributed by atoms with Crippen LogP contribution in [0.4, 0.5) is 4.39 Å². The van der Waals surface area contributed by atoms with Crippen molar-refractivity contribution in [2.75, 3.05) is 0 Å². The summed E-state index contributed by atoms with van der Waals surface area (Å²) >= 11 is 0. The lowest BCUT2D eigenvalue weighted by Gasteiger charge is -2.23. The van der Waals surface area contributed by atoms with Gasteiger partial charge in [-0.15, -0.1) is 0 Å². The maximum atomic E-state index is 13.7. The van der Waals surface area contributed by atoms with E-state index in [0.717, 1.165) is 5.56 Å². The second-order valence-electron chi connectivity index (χ2n) is 7.22. The summed E-state index contributed by atoms with van der Waals surface area (Å²) in [6.45, 7) is 9.77. The molecule has 2 rings (SSSR count). The molecule has 0 aliphatic heterocycles. The van der Waals surface area contributed by atoms with E-state index < -0.39 is 22.4 Å². The lowest BCUT2D eigenvalue weighted by atomic mass is 9.85. The van der Waals surface area contributed by atoms with Crippen molar-refractivity contribution in [1.82, 2.24) is 0 Å². The van der Waals surface area contributed by atoms with E-state index in [1.54, 1.807) is 13.8 Å². The van der Waals surface area contributed by atoms with E-state index in [9.17, 15) is 12.8 Å². The van der Waals surface area contributed by atoms with Gasteiger partial charge in [0.2, 0.25) is 0 Å². The van der Waals surface area contributed by atoms with E-state index in [-0.39, 0.29) is 10.3 Å². The Balaban J connectivity index is 2.39. The van der Waals surface area contributed by atoms with Gasteiger partial charge in [0, 0.05) is 0 Å². The van der Waals surface area contributed by atoms with Gasteiger partial charge < -0.3 is 0 Å². The molecule has 0 aromatic heterocycles. The van der Waals surface area contributed by atoms with E-state index in [0.29, 0.717) is 30.4 Å². The molecule has 0 heterocycles. The number of hydrogen-bond acceptors (Lipinski definition) is 3. The van der Waals surface area contributed by atoms with Gasteiger partial charge in [-0.05, 0) is 55.2 Å². The third-order valence-corrected chi connectivity index (χ3v) is 5.84. The Bertz CT molecular complexity index is 636. The highest BCUT2D eigenvalue weighted by Gasteiger charge is 2.34. The molecule has 0 unspecified atom stereocenters. The zero-order valence-corrected chi connectivity index (χ0v) is 14.8. The van der Waals surface area contributed by atoms with Gasteiger partial charge in [-0.3, -0.25) is 4.18 Å². The van der Waals surface area contributed by atoms with Gasteiger partial charge in [0.05, 0.1) is 4.90 Å². The summed E-state index contributed by atoms with van der Waals surface area (Å²) in [5.41, 5.74) is 2.32. The van der Waals surface area contributed by atoms with Crippen LogP contribution in [0.3, 0.4) is 0 Å². The van der Waals surface area contributed by atoms with E-state index >= 15 is 0 Å². The predicted molar refractivity (Wildman–Crippen MR) is 85.4 cm³/mol. The number of halogens is 1. The summed E-state index contributed by atoms with van der Waals surface area (Å²) in [6.07, 6.45) is -0.530. The highest BCUT2D eigenvalue weighted by molar-refractivity contribution is 7.86. The van der Waals surface area contributed by atoms with Crippen LogP contribution in [0.5, 0.6) is 0 Å². The minimum absolute atomic E-state index is 0.0614. The maximum absolute atomic E-state index is 13.7. The Kier molecular flexibility index (Phi) is 4.69. The van der Waals surface area contributed by atoms with Gasteiger partial charge in [0.25, 0.3) is 10.1 Å². The fraction of sp³-hybridized carbons (Fsp3) is 0.647. The van der Waals surface area contributed by atoms with Crippen molar-refractivity contribution in [2.45, 2.75) is 76.5 Å². The van der Waals surface area contributed by atoms with Gasteiger partial charge >= 0.3 is 0 Å². The molecule has 0 saturated heterocycles. The van der Waals surface area contributed by atoms with Crippen molar-refractivity contribution < 1.29 is 17.0 Å². The van der Waals surface area contributed by atoms with Crippen molar-refractivity contribution in [3.63, 3.8) is 0 Å². The molecule has 1 aromatic carbocycles. The Morgan fingerprint density at radius 1 is 1.14 bits per heavy atom. The molecule has 1 aliphatic rings. The molecule has 0 spiro atoms. The van der Waals surface area contributed by atoms with Crippen molar-refractivity contribution in [1.29, 1.82) is 0 Å². The smallest absolute Gasteiger partial charge is 0.260 e. The monoisotopic (exact) mass is 328 g/mol. The van der Waals surface area contributed by atoms with E-state index in [2.05, 4.69) is 20.8 Å². The Labute approximate surface area is 133 Å². The largest absolute Gasteiger partial charge is 0.297 e. The first-order chi connectivity index (χ1) is 10.0. The average molecular weight is 328 g/mol. The zero-order chi connectivity index (χ0) is 16.7. The normalized spacial score (nSPS) is 23.0. The molecule has 0 bridgehead atoms. The van der Waals surface area contributed by atoms with Crippen LogP contribution in [0.15, 0.2) is 17.0 Å². The van der Waals surface area contributed by atoms with Crippen LogP contribution in [0.25, 0.3) is 0 Å². The summed E-state index contributed by atoms with van der Waals surface area (Å²) in [7, 11) is -3.94. The predicted octanol–water partition coefficient (Wildman–Crippen LogP) is 4.20. The van der Waals surface area contributed by atoms with Crippen LogP contribution in [-0.2, 0) is 19.7 Å². The van der Waals surface area contributed by atoms with Gasteiger partial charge in [-0.2, -0.15) is 8.42 Å². The first-order valence-electron chi connectivity index (χ1n) is 7.71. The standard InChI is InChI=1S/C17H25FO3S/c1-11-9-13(17(3,4)5)10-12(2)16(11)22(19,20)21-15-8-6-7-14(15)18/h9-10,14-15H,6-8H2,1-5H3/t14-,15-/m1/s1. The van der Waals surface area contributed by atoms with Gasteiger partial charge in [-0.1, -0.05) is 32.9 Å². The average Bonchev–Trinajstić information content (AvgIpc) is 2.71. The molecule has 0 N–H and O–H groups in total. The van der Waals surface area contributed by atoms with Crippen LogP contribution < -0.4 is 0 Å². The molecule has 1 saturated carbocycles. The lowest BCUT2D eigenvalue weighted by Crippen LogP contribution is -2.24. The van der Waals surface area contributed by atoms with Crippen LogP contribution >= 0.6 is 0 Å². The second-order valence-corrected chi connectivity index (χ2v) is 8.73. The minimum atomic E-state index is -3.94.